The van der Waals surface area contributed by atoms with Crippen LogP contribution >= 0.6 is 0 Å². The lowest BCUT2D eigenvalue weighted by Crippen LogP contribution is -2.46. The number of carbonyl (C=O) groups excluding carboxylic acids is 1. The number of aryl methyl sites for hydroxylation is 1. The monoisotopic (exact) mass is 432 g/mol. The molecule has 2 aliphatic heterocycles. The summed E-state index contributed by atoms with van der Waals surface area (Å²) in [4.78, 5) is 24.3. The third-order valence-corrected chi connectivity index (χ3v) is 6.40. The Morgan fingerprint density at radius 2 is 2.06 bits per heavy atom. The standard InChI is InChI=1S/C24H24N4O4/c1-28-20-11-16(6-7-21(20)32-24(28)30)15-4-2-14(3-5-15)10-17(13-25)26-23(29)19-12-22-18(27-19)8-9-31-22/h2-7,11,17-19,22,27H,8-10,12H2,1H3,(H,26,29)/t17-,18-,19-,22?/m0/s1. The van der Waals surface area contributed by atoms with Gasteiger partial charge in [-0.05, 0) is 41.7 Å². The number of rotatable bonds is 5. The van der Waals surface area contributed by atoms with E-state index in [0.29, 0.717) is 18.4 Å². The minimum absolute atomic E-state index is 0.0996. The molecule has 164 valence electrons. The van der Waals surface area contributed by atoms with Crippen molar-refractivity contribution in [2.24, 2.45) is 7.05 Å². The number of aromatic nitrogens is 1. The van der Waals surface area contributed by atoms with Gasteiger partial charge in [0.15, 0.2) is 5.58 Å². The van der Waals surface area contributed by atoms with Crippen molar-refractivity contribution in [2.75, 3.05) is 6.61 Å². The Balaban J connectivity index is 1.24. The molecule has 8 nitrogen and oxygen atoms in total. The van der Waals surface area contributed by atoms with Gasteiger partial charge in [-0.2, -0.15) is 5.26 Å². The van der Waals surface area contributed by atoms with E-state index in [2.05, 4.69) is 16.7 Å². The fourth-order valence-electron chi connectivity index (χ4n) is 4.59. The highest BCUT2D eigenvalue weighted by Crippen LogP contribution is 2.26. The van der Waals surface area contributed by atoms with Gasteiger partial charge < -0.3 is 19.8 Å². The highest BCUT2D eigenvalue weighted by atomic mass is 16.5. The Bertz CT molecular complexity index is 1240. The number of nitrogens with zero attached hydrogens (tertiary/aromatic N) is 2. The summed E-state index contributed by atoms with van der Waals surface area (Å²) in [6.45, 7) is 0.738. The molecule has 2 fully saturated rings. The van der Waals surface area contributed by atoms with Gasteiger partial charge >= 0.3 is 5.76 Å². The zero-order valence-corrected chi connectivity index (χ0v) is 17.7. The smallest absolute Gasteiger partial charge is 0.408 e. The van der Waals surface area contributed by atoms with Crippen molar-refractivity contribution in [1.82, 2.24) is 15.2 Å². The maximum absolute atomic E-state index is 12.6. The average molecular weight is 432 g/mol. The molecule has 0 aliphatic carbocycles. The lowest BCUT2D eigenvalue weighted by atomic mass is 10.0. The number of nitriles is 1. The number of hydrogen-bond acceptors (Lipinski definition) is 6. The van der Waals surface area contributed by atoms with E-state index in [4.69, 9.17) is 9.15 Å². The van der Waals surface area contributed by atoms with Gasteiger partial charge in [0.1, 0.15) is 6.04 Å². The normalized spacial score (nSPS) is 23.1. The molecule has 3 heterocycles. The molecule has 8 heteroatoms. The molecule has 1 unspecified atom stereocenters. The maximum atomic E-state index is 12.6. The molecule has 32 heavy (non-hydrogen) atoms. The van der Waals surface area contributed by atoms with Crippen LogP contribution in [0.3, 0.4) is 0 Å². The van der Waals surface area contributed by atoms with Crippen LogP contribution in [0.5, 0.6) is 0 Å². The van der Waals surface area contributed by atoms with Crippen LogP contribution in [0.2, 0.25) is 0 Å². The summed E-state index contributed by atoms with van der Waals surface area (Å²) in [6, 6.07) is 15.0. The number of carbonyl (C=O) groups is 1. The molecular weight excluding hydrogens is 408 g/mol. The molecule has 1 amide bonds. The molecule has 2 saturated heterocycles. The van der Waals surface area contributed by atoms with Crippen LogP contribution in [0, 0.1) is 11.3 Å². The fraction of sp³-hybridized carbons (Fsp3) is 0.375. The van der Waals surface area contributed by atoms with Crippen LogP contribution in [0.1, 0.15) is 18.4 Å². The van der Waals surface area contributed by atoms with Gasteiger partial charge in [-0.15, -0.1) is 0 Å². The molecule has 2 aromatic carbocycles. The van der Waals surface area contributed by atoms with E-state index in [1.807, 2.05) is 36.4 Å². The van der Waals surface area contributed by atoms with E-state index in [1.54, 1.807) is 13.1 Å². The first-order chi connectivity index (χ1) is 15.5. The first-order valence-electron chi connectivity index (χ1n) is 10.8. The second-order valence-electron chi connectivity index (χ2n) is 8.46. The van der Waals surface area contributed by atoms with Crippen molar-refractivity contribution in [3.05, 3.63) is 58.6 Å². The van der Waals surface area contributed by atoms with E-state index in [1.165, 1.54) is 4.57 Å². The summed E-state index contributed by atoms with van der Waals surface area (Å²) in [5.74, 6) is -0.536. The van der Waals surface area contributed by atoms with Gasteiger partial charge in [0.2, 0.25) is 5.91 Å². The molecule has 2 aliphatic rings. The quantitative estimate of drug-likeness (QED) is 0.637. The summed E-state index contributed by atoms with van der Waals surface area (Å²) in [6.07, 6.45) is 2.10. The summed E-state index contributed by atoms with van der Waals surface area (Å²) in [5.41, 5.74) is 4.20. The van der Waals surface area contributed by atoms with Gasteiger partial charge in [-0.1, -0.05) is 30.3 Å². The Morgan fingerprint density at radius 1 is 1.28 bits per heavy atom. The predicted octanol–water partition coefficient (Wildman–Crippen LogP) is 1.87. The number of fused-ring (bicyclic) bond motifs is 2. The molecule has 0 radical (unpaired) electrons. The first-order valence-corrected chi connectivity index (χ1v) is 10.8. The topological polar surface area (TPSA) is 109 Å². The van der Waals surface area contributed by atoms with Gasteiger partial charge in [-0.25, -0.2) is 4.79 Å². The molecule has 5 rings (SSSR count). The van der Waals surface area contributed by atoms with Crippen LogP contribution in [-0.2, 0) is 23.0 Å². The third kappa shape index (κ3) is 3.81. The number of hydrogen-bond donors (Lipinski definition) is 2. The fourth-order valence-corrected chi connectivity index (χ4v) is 4.59. The van der Waals surface area contributed by atoms with Gasteiger partial charge in [0, 0.05) is 26.1 Å². The van der Waals surface area contributed by atoms with Gasteiger partial charge in [0.05, 0.1) is 23.7 Å². The molecular formula is C24H24N4O4. The van der Waals surface area contributed by atoms with Crippen molar-refractivity contribution < 1.29 is 13.9 Å². The number of benzene rings is 2. The van der Waals surface area contributed by atoms with Crippen LogP contribution in [-0.4, -0.2) is 41.3 Å². The molecule has 0 bridgehead atoms. The Hall–Kier alpha value is -3.41. The Kier molecular flexibility index (Phi) is 5.29. The number of ether oxygens (including phenoxy) is 1. The maximum Gasteiger partial charge on any atom is 0.419 e. The largest absolute Gasteiger partial charge is 0.419 e. The molecule has 1 aromatic heterocycles. The highest BCUT2D eigenvalue weighted by Gasteiger charge is 2.41. The van der Waals surface area contributed by atoms with Crippen molar-refractivity contribution in [3.8, 4) is 17.2 Å². The molecule has 0 saturated carbocycles. The zero-order valence-electron chi connectivity index (χ0n) is 17.7. The van der Waals surface area contributed by atoms with E-state index < -0.39 is 6.04 Å². The summed E-state index contributed by atoms with van der Waals surface area (Å²) < 4.78 is 12.3. The Morgan fingerprint density at radius 3 is 2.81 bits per heavy atom. The van der Waals surface area contributed by atoms with Crippen molar-refractivity contribution >= 4 is 17.0 Å². The van der Waals surface area contributed by atoms with Gasteiger partial charge in [-0.3, -0.25) is 9.36 Å². The molecule has 3 aromatic rings. The lowest BCUT2D eigenvalue weighted by Gasteiger charge is -2.17. The second-order valence-corrected chi connectivity index (χ2v) is 8.46. The summed E-state index contributed by atoms with van der Waals surface area (Å²) in [7, 11) is 1.68. The van der Waals surface area contributed by atoms with E-state index in [-0.39, 0.29) is 29.9 Å². The van der Waals surface area contributed by atoms with Gasteiger partial charge in [0.25, 0.3) is 0 Å². The zero-order chi connectivity index (χ0) is 22.2. The van der Waals surface area contributed by atoms with E-state index in [0.717, 1.165) is 35.2 Å². The summed E-state index contributed by atoms with van der Waals surface area (Å²) >= 11 is 0. The number of oxazole rings is 1. The van der Waals surface area contributed by atoms with E-state index >= 15 is 0 Å². The lowest BCUT2D eigenvalue weighted by molar-refractivity contribution is -0.123. The van der Waals surface area contributed by atoms with Crippen molar-refractivity contribution in [2.45, 2.75) is 43.5 Å². The minimum Gasteiger partial charge on any atom is -0.408 e. The number of nitrogens with one attached hydrogen (secondary N) is 2. The van der Waals surface area contributed by atoms with Crippen LogP contribution < -0.4 is 16.4 Å². The molecule has 4 atom stereocenters. The van der Waals surface area contributed by atoms with E-state index in [9.17, 15) is 14.9 Å². The van der Waals surface area contributed by atoms with Crippen molar-refractivity contribution in [1.29, 1.82) is 5.26 Å². The first kappa shape index (κ1) is 20.5. The second kappa shape index (κ2) is 8.26. The van der Waals surface area contributed by atoms with Crippen LogP contribution in [0.25, 0.3) is 22.2 Å². The third-order valence-electron chi connectivity index (χ3n) is 6.40. The van der Waals surface area contributed by atoms with Crippen LogP contribution in [0.15, 0.2) is 51.7 Å². The molecule has 0 spiro atoms. The average Bonchev–Trinajstić information content (AvgIpc) is 3.48. The number of amides is 1. The van der Waals surface area contributed by atoms with Crippen LogP contribution in [0.4, 0.5) is 0 Å². The highest BCUT2D eigenvalue weighted by molar-refractivity contribution is 5.83. The SMILES string of the molecule is Cn1c(=O)oc2ccc(-c3ccc(C[C@@H](C#N)NC(=O)[C@@H]4CC5OCC[C@@H]5N4)cc3)cc21. The van der Waals surface area contributed by atoms with Crippen molar-refractivity contribution in [3.63, 3.8) is 0 Å². The summed E-state index contributed by atoms with van der Waals surface area (Å²) in [5, 5.41) is 15.7. The molecule has 2 N–H and O–H groups in total. The Labute approximate surface area is 184 Å². The minimum atomic E-state index is -0.603. The predicted molar refractivity (Wildman–Crippen MR) is 118 cm³/mol.